The Labute approximate surface area is 131 Å². The molecule has 0 amide bonds. The van der Waals surface area contributed by atoms with Crippen LogP contribution in [0.2, 0.25) is 10.0 Å². The van der Waals surface area contributed by atoms with Crippen LogP contribution < -0.4 is 0 Å². The summed E-state index contributed by atoms with van der Waals surface area (Å²) in [6.07, 6.45) is 0. The molecule has 1 aromatic heterocycles. The first-order valence-corrected chi connectivity index (χ1v) is 7.42. The van der Waals surface area contributed by atoms with E-state index in [4.69, 9.17) is 34.8 Å². The second kappa shape index (κ2) is 5.65. The molecule has 0 aliphatic rings. The molecule has 0 bridgehead atoms. The maximum absolute atomic E-state index is 6.23. The fourth-order valence-corrected chi connectivity index (χ4v) is 2.85. The van der Waals surface area contributed by atoms with Gasteiger partial charge in [-0.05, 0) is 23.8 Å². The molecule has 2 nitrogen and oxygen atoms in total. The monoisotopic (exact) mass is 324 g/mol. The third-order valence-corrected chi connectivity index (χ3v) is 4.13. The molecular weight excluding hydrogens is 315 g/mol. The van der Waals surface area contributed by atoms with Gasteiger partial charge in [0.2, 0.25) is 0 Å². The third kappa shape index (κ3) is 2.39. The zero-order valence-electron chi connectivity index (χ0n) is 10.5. The molecule has 3 rings (SSSR count). The number of imidazole rings is 1. The van der Waals surface area contributed by atoms with Crippen molar-refractivity contribution >= 4 is 45.8 Å². The number of hydrogen-bond acceptors (Lipinski definition) is 1. The largest absolute Gasteiger partial charge is 0.322 e. The predicted molar refractivity (Wildman–Crippen MR) is 84.9 cm³/mol. The van der Waals surface area contributed by atoms with Gasteiger partial charge in [-0.3, -0.25) is 0 Å². The molecule has 3 aromatic rings. The molecule has 0 spiro atoms. The van der Waals surface area contributed by atoms with Gasteiger partial charge in [0, 0.05) is 5.02 Å². The Kier molecular flexibility index (Phi) is 3.88. The first kappa shape index (κ1) is 13.7. The van der Waals surface area contributed by atoms with Crippen LogP contribution in [0.25, 0.3) is 11.0 Å². The van der Waals surface area contributed by atoms with E-state index < -0.39 is 0 Å². The van der Waals surface area contributed by atoms with Crippen LogP contribution in [-0.2, 0) is 12.4 Å². The van der Waals surface area contributed by atoms with Crippen LogP contribution >= 0.6 is 34.8 Å². The lowest BCUT2D eigenvalue weighted by atomic mass is 10.2. The summed E-state index contributed by atoms with van der Waals surface area (Å²) in [5.41, 5.74) is 2.77. The zero-order valence-corrected chi connectivity index (χ0v) is 12.8. The minimum absolute atomic E-state index is 0.329. The molecule has 0 radical (unpaired) electrons. The van der Waals surface area contributed by atoms with E-state index in [1.165, 1.54) is 0 Å². The second-order valence-corrected chi connectivity index (χ2v) is 5.53. The minimum Gasteiger partial charge on any atom is -0.322 e. The van der Waals surface area contributed by atoms with Crippen molar-refractivity contribution in [1.29, 1.82) is 0 Å². The number of halogens is 3. The average Bonchev–Trinajstić information content (AvgIpc) is 2.81. The minimum atomic E-state index is 0.329. The first-order valence-electron chi connectivity index (χ1n) is 6.13. The van der Waals surface area contributed by atoms with Crippen LogP contribution in [0.5, 0.6) is 0 Å². The highest BCUT2D eigenvalue weighted by molar-refractivity contribution is 6.35. The molecule has 0 atom stereocenters. The maximum atomic E-state index is 6.23. The van der Waals surface area contributed by atoms with Crippen molar-refractivity contribution in [3.8, 4) is 0 Å². The number of para-hydroxylation sites is 1. The molecule has 0 N–H and O–H groups in total. The van der Waals surface area contributed by atoms with E-state index in [9.17, 15) is 0 Å². The van der Waals surface area contributed by atoms with Crippen molar-refractivity contribution in [2.24, 2.45) is 0 Å². The topological polar surface area (TPSA) is 17.8 Å². The molecule has 5 heteroatoms. The quantitative estimate of drug-likeness (QED) is 0.610. The van der Waals surface area contributed by atoms with Gasteiger partial charge in [0.1, 0.15) is 11.3 Å². The van der Waals surface area contributed by atoms with Crippen LogP contribution in [-0.4, -0.2) is 9.55 Å². The standard InChI is InChI=1S/C15H11Cl3N2/c16-8-14-19-15-12(18)6-3-7-13(15)20(14)9-10-4-1-2-5-11(10)17/h1-7H,8-9H2. The van der Waals surface area contributed by atoms with Crippen molar-refractivity contribution in [3.63, 3.8) is 0 Å². The van der Waals surface area contributed by atoms with Gasteiger partial charge in [-0.1, -0.05) is 47.5 Å². The smallest absolute Gasteiger partial charge is 0.125 e. The van der Waals surface area contributed by atoms with Crippen LogP contribution in [0.4, 0.5) is 0 Å². The first-order chi connectivity index (χ1) is 9.70. The number of benzene rings is 2. The third-order valence-electron chi connectivity index (χ3n) is 3.21. The van der Waals surface area contributed by atoms with Crippen LogP contribution in [0.3, 0.4) is 0 Å². The van der Waals surface area contributed by atoms with E-state index in [2.05, 4.69) is 9.55 Å². The lowest BCUT2D eigenvalue weighted by molar-refractivity contribution is 0.779. The van der Waals surface area contributed by atoms with Gasteiger partial charge in [-0.25, -0.2) is 4.98 Å². The molecule has 0 aliphatic carbocycles. The normalized spacial score (nSPS) is 11.2. The number of hydrogen-bond donors (Lipinski definition) is 0. The Morgan fingerprint density at radius 1 is 0.950 bits per heavy atom. The molecular formula is C15H11Cl3N2. The summed E-state index contributed by atoms with van der Waals surface area (Å²) in [6, 6.07) is 13.5. The predicted octanol–water partition coefficient (Wildman–Crippen LogP) is 5.13. The average molecular weight is 326 g/mol. The summed E-state index contributed by atoms with van der Waals surface area (Å²) < 4.78 is 2.05. The van der Waals surface area contributed by atoms with Crippen LogP contribution in [0, 0.1) is 0 Å². The highest BCUT2D eigenvalue weighted by atomic mass is 35.5. The molecule has 102 valence electrons. The number of alkyl halides is 1. The Balaban J connectivity index is 2.15. The van der Waals surface area contributed by atoms with Crippen LogP contribution in [0.1, 0.15) is 11.4 Å². The Hall–Kier alpha value is -1.22. The van der Waals surface area contributed by atoms with E-state index in [1.54, 1.807) is 0 Å². The van der Waals surface area contributed by atoms with Crippen molar-refractivity contribution in [1.82, 2.24) is 9.55 Å². The van der Waals surface area contributed by atoms with E-state index in [-0.39, 0.29) is 0 Å². The van der Waals surface area contributed by atoms with E-state index in [0.717, 1.165) is 27.4 Å². The molecule has 0 aliphatic heterocycles. The van der Waals surface area contributed by atoms with Crippen molar-refractivity contribution < 1.29 is 0 Å². The highest BCUT2D eigenvalue weighted by Crippen LogP contribution is 2.26. The lowest BCUT2D eigenvalue weighted by Gasteiger charge is -2.09. The molecule has 0 saturated heterocycles. The SMILES string of the molecule is ClCc1nc2c(Cl)cccc2n1Cc1ccccc1Cl. The summed E-state index contributed by atoms with van der Waals surface area (Å²) in [4.78, 5) is 4.51. The Morgan fingerprint density at radius 3 is 2.45 bits per heavy atom. The van der Waals surface area contributed by atoms with Crippen LogP contribution in [0.15, 0.2) is 42.5 Å². The fraction of sp³-hybridized carbons (Fsp3) is 0.133. The van der Waals surface area contributed by atoms with E-state index >= 15 is 0 Å². The molecule has 20 heavy (non-hydrogen) atoms. The number of nitrogens with zero attached hydrogens (tertiary/aromatic N) is 2. The molecule has 1 heterocycles. The highest BCUT2D eigenvalue weighted by Gasteiger charge is 2.13. The molecule has 0 unspecified atom stereocenters. The van der Waals surface area contributed by atoms with Crippen molar-refractivity contribution in [2.45, 2.75) is 12.4 Å². The van der Waals surface area contributed by atoms with Gasteiger partial charge in [-0.2, -0.15) is 0 Å². The van der Waals surface area contributed by atoms with Crippen molar-refractivity contribution in [3.05, 3.63) is 63.9 Å². The number of rotatable bonds is 3. The summed E-state index contributed by atoms with van der Waals surface area (Å²) in [5.74, 6) is 1.12. The van der Waals surface area contributed by atoms with Gasteiger partial charge in [0.25, 0.3) is 0 Å². The Morgan fingerprint density at radius 2 is 1.70 bits per heavy atom. The van der Waals surface area contributed by atoms with Crippen molar-refractivity contribution in [2.75, 3.05) is 0 Å². The molecule has 0 fully saturated rings. The lowest BCUT2D eigenvalue weighted by Crippen LogP contribution is -2.04. The molecule has 0 saturated carbocycles. The summed E-state index contributed by atoms with van der Waals surface area (Å²) >= 11 is 18.4. The van der Waals surface area contributed by atoms with Gasteiger partial charge in [0.15, 0.2) is 0 Å². The fourth-order valence-electron chi connectivity index (χ4n) is 2.24. The summed E-state index contributed by atoms with van der Waals surface area (Å²) in [7, 11) is 0. The van der Waals surface area contributed by atoms with E-state index in [0.29, 0.717) is 17.4 Å². The van der Waals surface area contributed by atoms with E-state index in [1.807, 2.05) is 42.5 Å². The number of fused-ring (bicyclic) bond motifs is 1. The summed E-state index contributed by atoms with van der Waals surface area (Å²) in [5, 5.41) is 1.36. The van der Waals surface area contributed by atoms with Gasteiger partial charge >= 0.3 is 0 Å². The zero-order chi connectivity index (χ0) is 14.1. The summed E-state index contributed by atoms with van der Waals surface area (Å²) in [6.45, 7) is 0.624. The van der Waals surface area contributed by atoms with Gasteiger partial charge in [-0.15, -0.1) is 11.6 Å². The number of aromatic nitrogens is 2. The van der Waals surface area contributed by atoms with Gasteiger partial charge < -0.3 is 4.57 Å². The van der Waals surface area contributed by atoms with Gasteiger partial charge in [0.05, 0.1) is 23.0 Å². The maximum Gasteiger partial charge on any atom is 0.125 e. The molecule has 2 aromatic carbocycles. The second-order valence-electron chi connectivity index (χ2n) is 4.45. The Bertz CT molecular complexity index is 765.